The average molecular weight is 623 g/mol. The molecule has 0 N–H and O–H groups in total. The van der Waals surface area contributed by atoms with Crippen molar-refractivity contribution in [3.63, 3.8) is 0 Å². The molecule has 0 bridgehead atoms. The summed E-state index contributed by atoms with van der Waals surface area (Å²) in [4.78, 5) is 11.0. The number of unbranched alkanes of at least 4 members (excludes halogenated alkanes) is 11. The van der Waals surface area contributed by atoms with Crippen molar-refractivity contribution in [2.75, 3.05) is 13.7 Å². The van der Waals surface area contributed by atoms with Crippen molar-refractivity contribution >= 4 is 28.6 Å². The minimum atomic E-state index is -4.53. The maximum Gasteiger partial charge on any atom is 0.442 e. The van der Waals surface area contributed by atoms with Gasteiger partial charge in [-0.2, -0.15) is 13.2 Å². The topological polar surface area (TPSA) is 60.2 Å². The Labute approximate surface area is 226 Å². The number of alkyl halides is 3. The minimum Gasteiger partial charge on any atom is -0.492 e. The van der Waals surface area contributed by atoms with Gasteiger partial charge in [0.1, 0.15) is 5.75 Å². The molecular weight excluding hydrogens is 584 g/mol. The molecule has 36 heavy (non-hydrogen) atoms. The highest BCUT2D eigenvalue weighted by Crippen LogP contribution is 2.53. The summed E-state index contributed by atoms with van der Waals surface area (Å²) in [5.41, 5.74) is -2.40. The Hall–Kier alpha value is -1.65. The second-order valence-corrected chi connectivity index (χ2v) is 10.3. The van der Waals surface area contributed by atoms with Gasteiger partial charge in [-0.15, -0.1) is 10.2 Å². The summed E-state index contributed by atoms with van der Waals surface area (Å²) < 4.78 is 50.8. The van der Waals surface area contributed by atoms with Crippen LogP contribution in [0, 0.1) is 3.57 Å². The van der Waals surface area contributed by atoms with Gasteiger partial charge in [-0.3, -0.25) is 4.79 Å². The molecule has 5 nitrogen and oxygen atoms in total. The predicted octanol–water partition coefficient (Wildman–Crippen LogP) is 9.04. The molecule has 0 aliphatic carbocycles. The fourth-order valence-electron chi connectivity index (χ4n) is 3.93. The Morgan fingerprint density at radius 2 is 1.47 bits per heavy atom. The molecule has 0 saturated carbocycles. The van der Waals surface area contributed by atoms with Crippen molar-refractivity contribution in [3.05, 3.63) is 39.5 Å². The number of esters is 1. The third-order valence-corrected chi connectivity index (χ3v) is 7.09. The Balaban J connectivity index is 1.43. The lowest BCUT2D eigenvalue weighted by atomic mass is 10.0. The number of rotatable bonds is 19. The Morgan fingerprint density at radius 3 is 2.03 bits per heavy atom. The van der Waals surface area contributed by atoms with Gasteiger partial charge in [0.25, 0.3) is 0 Å². The quantitative estimate of drug-likeness (QED) is 0.0670. The van der Waals surface area contributed by atoms with Crippen molar-refractivity contribution in [2.45, 2.75) is 102 Å². The van der Waals surface area contributed by atoms with E-state index in [2.05, 4.69) is 49.7 Å². The molecule has 202 valence electrons. The monoisotopic (exact) mass is 622 g/mol. The number of allylic oxidation sites excluding steroid dienone is 2. The van der Waals surface area contributed by atoms with E-state index in [9.17, 15) is 18.0 Å². The molecular formula is C27H38F3IN2O3. The van der Waals surface area contributed by atoms with Crippen molar-refractivity contribution in [2.24, 2.45) is 10.2 Å². The van der Waals surface area contributed by atoms with Crippen LogP contribution in [0.2, 0.25) is 0 Å². The molecule has 0 saturated heterocycles. The van der Waals surface area contributed by atoms with Crippen LogP contribution in [0.3, 0.4) is 0 Å². The highest BCUT2D eigenvalue weighted by atomic mass is 127. The van der Waals surface area contributed by atoms with E-state index in [1.807, 2.05) is 0 Å². The Bertz CT molecular complexity index is 853. The van der Waals surface area contributed by atoms with Gasteiger partial charge in [-0.05, 0) is 73.2 Å². The van der Waals surface area contributed by atoms with Crippen LogP contribution in [0.1, 0.15) is 95.5 Å². The normalized spacial score (nSPS) is 14.4. The van der Waals surface area contributed by atoms with E-state index in [0.29, 0.717) is 18.8 Å². The zero-order valence-corrected chi connectivity index (χ0v) is 23.3. The van der Waals surface area contributed by atoms with Gasteiger partial charge < -0.3 is 9.47 Å². The molecule has 0 spiro atoms. The zero-order valence-electron chi connectivity index (χ0n) is 21.1. The number of methoxy groups -OCH3 is 1. The highest BCUT2D eigenvalue weighted by Gasteiger charge is 2.65. The Morgan fingerprint density at radius 1 is 0.917 bits per heavy atom. The number of carbonyl (C=O) groups is 1. The molecule has 1 aliphatic heterocycles. The molecule has 0 radical (unpaired) electrons. The first-order valence-corrected chi connectivity index (χ1v) is 14.0. The maximum atomic E-state index is 13.2. The smallest absolute Gasteiger partial charge is 0.442 e. The zero-order chi connectivity index (χ0) is 26.3. The van der Waals surface area contributed by atoms with Gasteiger partial charge in [0.15, 0.2) is 0 Å². The number of hydrogen-bond acceptors (Lipinski definition) is 5. The number of carbonyl (C=O) groups excluding carboxylic acids is 1. The summed E-state index contributed by atoms with van der Waals surface area (Å²) >= 11 is 2.07. The van der Waals surface area contributed by atoms with Crippen LogP contribution in [-0.2, 0) is 15.2 Å². The molecule has 0 amide bonds. The number of hydrogen-bond donors (Lipinski definition) is 0. The average Bonchev–Trinajstić information content (AvgIpc) is 3.66. The molecule has 9 heteroatoms. The fourth-order valence-corrected chi connectivity index (χ4v) is 4.42. The summed E-state index contributed by atoms with van der Waals surface area (Å²) in [5, 5.41) is 6.52. The number of ether oxygens (including phenoxy) is 2. The third kappa shape index (κ3) is 10.8. The fraction of sp³-hybridized carbons (Fsp3) is 0.667. The molecule has 1 aromatic rings. The van der Waals surface area contributed by atoms with E-state index in [1.54, 1.807) is 6.07 Å². The van der Waals surface area contributed by atoms with Crippen LogP contribution in [0.5, 0.6) is 5.75 Å². The van der Waals surface area contributed by atoms with E-state index in [0.717, 1.165) is 48.5 Å². The number of nitrogens with zero attached hydrogens (tertiary/aromatic N) is 2. The second-order valence-electron chi connectivity index (χ2n) is 9.13. The maximum absolute atomic E-state index is 13.2. The second kappa shape index (κ2) is 16.2. The molecule has 0 aromatic heterocycles. The summed E-state index contributed by atoms with van der Waals surface area (Å²) in [7, 11) is 1.43. The largest absolute Gasteiger partial charge is 0.492 e. The molecule has 0 atom stereocenters. The lowest BCUT2D eigenvalue weighted by Gasteiger charge is -2.16. The van der Waals surface area contributed by atoms with E-state index in [1.165, 1.54) is 57.8 Å². The van der Waals surface area contributed by atoms with Crippen molar-refractivity contribution in [1.82, 2.24) is 0 Å². The molecule has 1 aromatic carbocycles. The molecule has 2 rings (SSSR count). The molecule has 0 unspecified atom stereocenters. The lowest BCUT2D eigenvalue weighted by Crippen LogP contribution is -2.30. The summed E-state index contributed by atoms with van der Waals surface area (Å²) in [6.45, 7) is 0.487. The first-order chi connectivity index (χ1) is 17.3. The van der Waals surface area contributed by atoms with Crippen molar-refractivity contribution < 1.29 is 27.4 Å². The van der Waals surface area contributed by atoms with Gasteiger partial charge in [0.05, 0.1) is 17.3 Å². The molecule has 0 fully saturated rings. The number of benzene rings is 1. The van der Waals surface area contributed by atoms with E-state index >= 15 is 0 Å². The van der Waals surface area contributed by atoms with Gasteiger partial charge in [-0.25, -0.2) is 0 Å². The standard InChI is InChI=1S/C27H38F3IN2O3/c1-35-25(34)17-15-13-11-9-7-5-3-2-4-6-8-10-12-14-16-20-36-24-21-22(18-19-23(24)31)26(32-33-26)27(28,29)30/h2-3,18-19,21H,4-17,20H2,1H3/b3-2-. The predicted molar refractivity (Wildman–Crippen MR) is 143 cm³/mol. The van der Waals surface area contributed by atoms with Gasteiger partial charge >= 0.3 is 17.8 Å². The SMILES string of the molecule is COC(=O)CCCCCCC/C=C\CCCCCCCCOc1cc(C2(C(F)(F)F)N=N2)ccc1I. The number of halogens is 4. The molecule has 1 heterocycles. The summed E-state index contributed by atoms with van der Waals surface area (Å²) in [6.07, 6.45) is 15.0. The minimum absolute atomic E-state index is 0.00641. The van der Waals surface area contributed by atoms with Crippen molar-refractivity contribution in [1.29, 1.82) is 0 Å². The lowest BCUT2D eigenvalue weighted by molar-refractivity contribution is -0.166. The van der Waals surface area contributed by atoms with E-state index in [4.69, 9.17) is 4.74 Å². The van der Waals surface area contributed by atoms with Crippen LogP contribution in [0.4, 0.5) is 13.2 Å². The first-order valence-electron chi connectivity index (χ1n) is 13.0. The summed E-state index contributed by atoms with van der Waals surface area (Å²) in [5.74, 6) is 0.341. The van der Waals surface area contributed by atoms with Crippen LogP contribution < -0.4 is 4.74 Å². The van der Waals surface area contributed by atoms with E-state index in [-0.39, 0.29) is 11.5 Å². The summed E-state index contributed by atoms with van der Waals surface area (Å²) in [6, 6.07) is 4.44. The van der Waals surface area contributed by atoms with Crippen LogP contribution >= 0.6 is 22.6 Å². The van der Waals surface area contributed by atoms with E-state index < -0.39 is 11.8 Å². The van der Waals surface area contributed by atoms with Crippen LogP contribution in [-0.4, -0.2) is 25.9 Å². The van der Waals surface area contributed by atoms with Gasteiger partial charge in [0, 0.05) is 12.0 Å². The Kier molecular flexibility index (Phi) is 13.8. The van der Waals surface area contributed by atoms with Crippen molar-refractivity contribution in [3.8, 4) is 5.75 Å². The van der Waals surface area contributed by atoms with Crippen LogP contribution in [0.15, 0.2) is 40.6 Å². The highest BCUT2D eigenvalue weighted by molar-refractivity contribution is 14.1. The van der Waals surface area contributed by atoms with Crippen LogP contribution in [0.25, 0.3) is 0 Å². The van der Waals surface area contributed by atoms with Gasteiger partial charge in [-0.1, -0.05) is 63.2 Å². The molecule has 1 aliphatic rings. The van der Waals surface area contributed by atoms with Gasteiger partial charge in [0.2, 0.25) is 0 Å². The third-order valence-electron chi connectivity index (χ3n) is 6.20. The first kappa shape index (κ1) is 30.6.